The maximum absolute atomic E-state index is 13.4. The Hall–Kier alpha value is -3.51. The van der Waals surface area contributed by atoms with Gasteiger partial charge in [-0.25, -0.2) is 0 Å². The highest BCUT2D eigenvalue weighted by atomic mass is 19.4. The average molecular weight is 566 g/mol. The molecule has 40 heavy (non-hydrogen) atoms. The van der Waals surface area contributed by atoms with Crippen LogP contribution in [0.4, 0.5) is 18.9 Å². The van der Waals surface area contributed by atoms with Crippen molar-refractivity contribution < 1.29 is 41.7 Å². The van der Waals surface area contributed by atoms with Gasteiger partial charge in [-0.05, 0) is 43.2 Å². The number of halogens is 3. The summed E-state index contributed by atoms with van der Waals surface area (Å²) in [5.41, 5.74) is 0.997. The van der Waals surface area contributed by atoms with Crippen LogP contribution < -0.4 is 19.5 Å². The number of fused-ring (bicyclic) bond motifs is 2. The minimum Gasteiger partial charge on any atom is -0.491 e. The SMILES string of the molecule is CO[C@@H]1CN(C)C(=O)c2ccc(NC(=O)c3ccc4c(c3)OCO4)cc2OC[C@H](C)N(CCC(F)(F)F)C[C@@H]1C. The number of nitrogens with one attached hydrogen (secondary N) is 1. The number of carbonyl (C=O) groups is 2. The topological polar surface area (TPSA) is 89.6 Å². The first-order chi connectivity index (χ1) is 18.9. The van der Waals surface area contributed by atoms with Gasteiger partial charge in [-0.15, -0.1) is 0 Å². The second kappa shape index (κ2) is 12.3. The number of rotatable bonds is 5. The van der Waals surface area contributed by atoms with Gasteiger partial charge in [0, 0.05) is 57.2 Å². The molecule has 0 aromatic heterocycles. The Bertz CT molecular complexity index is 1220. The number of nitrogens with zero attached hydrogens (tertiary/aromatic N) is 2. The third-order valence-electron chi connectivity index (χ3n) is 7.15. The molecule has 0 unspecified atom stereocenters. The minimum atomic E-state index is -4.29. The van der Waals surface area contributed by atoms with Crippen molar-refractivity contribution in [1.82, 2.24) is 9.80 Å². The van der Waals surface area contributed by atoms with Gasteiger partial charge in [0.05, 0.1) is 18.1 Å². The largest absolute Gasteiger partial charge is 0.491 e. The Labute approximate surface area is 231 Å². The molecule has 3 atom stereocenters. The third kappa shape index (κ3) is 7.16. The second-order valence-electron chi connectivity index (χ2n) is 10.2. The number of hydrogen-bond donors (Lipinski definition) is 1. The number of likely N-dealkylation sites (N-methyl/N-ethyl adjacent to an activating group) is 1. The third-order valence-corrected chi connectivity index (χ3v) is 7.15. The summed E-state index contributed by atoms with van der Waals surface area (Å²) in [5.74, 6) is 0.374. The van der Waals surface area contributed by atoms with Crippen LogP contribution in [-0.2, 0) is 4.74 Å². The van der Waals surface area contributed by atoms with E-state index in [0.717, 1.165) is 0 Å². The molecular weight excluding hydrogens is 531 g/mol. The number of alkyl halides is 3. The maximum atomic E-state index is 13.4. The second-order valence-corrected chi connectivity index (χ2v) is 10.2. The van der Waals surface area contributed by atoms with Crippen LogP contribution in [0.5, 0.6) is 17.2 Å². The molecule has 9 nitrogen and oxygen atoms in total. The number of amides is 2. The molecule has 2 heterocycles. The Morgan fingerprint density at radius 1 is 1.05 bits per heavy atom. The van der Waals surface area contributed by atoms with Gasteiger partial charge in [-0.1, -0.05) is 6.92 Å². The van der Waals surface area contributed by atoms with Crippen molar-refractivity contribution in [3.05, 3.63) is 47.5 Å². The van der Waals surface area contributed by atoms with Crippen LogP contribution in [0, 0.1) is 5.92 Å². The fraction of sp³-hybridized carbons (Fsp3) is 0.500. The van der Waals surface area contributed by atoms with E-state index in [-0.39, 0.29) is 49.6 Å². The van der Waals surface area contributed by atoms with Crippen molar-refractivity contribution >= 4 is 17.5 Å². The molecular formula is C28H34F3N3O6. The lowest BCUT2D eigenvalue weighted by atomic mass is 10.0. The van der Waals surface area contributed by atoms with Crippen LogP contribution in [0.3, 0.4) is 0 Å². The highest BCUT2D eigenvalue weighted by molar-refractivity contribution is 6.05. The molecule has 0 radical (unpaired) electrons. The van der Waals surface area contributed by atoms with Crippen LogP contribution in [0.15, 0.2) is 36.4 Å². The van der Waals surface area contributed by atoms with E-state index in [4.69, 9.17) is 18.9 Å². The molecule has 2 aromatic carbocycles. The number of methoxy groups -OCH3 is 1. The van der Waals surface area contributed by atoms with E-state index < -0.39 is 30.7 Å². The van der Waals surface area contributed by atoms with Gasteiger partial charge in [-0.3, -0.25) is 14.5 Å². The van der Waals surface area contributed by atoms with Crippen LogP contribution in [0.25, 0.3) is 0 Å². The predicted molar refractivity (Wildman–Crippen MR) is 141 cm³/mol. The number of benzene rings is 2. The van der Waals surface area contributed by atoms with Gasteiger partial charge in [0.15, 0.2) is 11.5 Å². The number of carbonyl (C=O) groups excluding carboxylic acids is 2. The lowest BCUT2D eigenvalue weighted by molar-refractivity contribution is -0.140. The summed E-state index contributed by atoms with van der Waals surface area (Å²) in [7, 11) is 3.16. The zero-order chi connectivity index (χ0) is 29.0. The maximum Gasteiger partial charge on any atom is 0.390 e. The van der Waals surface area contributed by atoms with E-state index in [1.807, 2.05) is 6.92 Å². The van der Waals surface area contributed by atoms with Crippen molar-refractivity contribution in [2.24, 2.45) is 5.92 Å². The molecule has 1 N–H and O–H groups in total. The Morgan fingerprint density at radius 2 is 1.80 bits per heavy atom. The van der Waals surface area contributed by atoms with E-state index in [1.165, 1.54) is 12.0 Å². The summed E-state index contributed by atoms with van der Waals surface area (Å²) >= 11 is 0. The van der Waals surface area contributed by atoms with Crippen molar-refractivity contribution in [2.75, 3.05) is 52.5 Å². The Balaban J connectivity index is 1.59. The lowest BCUT2D eigenvalue weighted by Gasteiger charge is -2.36. The molecule has 12 heteroatoms. The molecule has 0 fully saturated rings. The first-order valence-electron chi connectivity index (χ1n) is 13.0. The van der Waals surface area contributed by atoms with Crippen molar-refractivity contribution in [2.45, 2.75) is 38.6 Å². The van der Waals surface area contributed by atoms with Gasteiger partial charge < -0.3 is 29.2 Å². The minimum absolute atomic E-state index is 0.0335. The van der Waals surface area contributed by atoms with Gasteiger partial charge in [0.2, 0.25) is 6.79 Å². The highest BCUT2D eigenvalue weighted by Gasteiger charge is 2.32. The molecule has 2 aliphatic rings. The monoisotopic (exact) mass is 565 g/mol. The molecule has 218 valence electrons. The zero-order valence-corrected chi connectivity index (χ0v) is 22.9. The smallest absolute Gasteiger partial charge is 0.390 e. The first kappa shape index (κ1) is 29.5. The van der Waals surface area contributed by atoms with Crippen molar-refractivity contribution in [3.63, 3.8) is 0 Å². The van der Waals surface area contributed by atoms with E-state index in [2.05, 4.69) is 5.32 Å². The summed E-state index contributed by atoms with van der Waals surface area (Å²) in [6, 6.07) is 9.14. The van der Waals surface area contributed by atoms with E-state index in [0.29, 0.717) is 29.3 Å². The van der Waals surface area contributed by atoms with Crippen molar-refractivity contribution in [1.29, 1.82) is 0 Å². The fourth-order valence-electron chi connectivity index (χ4n) is 4.75. The highest BCUT2D eigenvalue weighted by Crippen LogP contribution is 2.33. The van der Waals surface area contributed by atoms with Gasteiger partial charge in [0.1, 0.15) is 12.4 Å². The Kier molecular flexibility index (Phi) is 9.09. The quantitative estimate of drug-likeness (QED) is 0.574. The van der Waals surface area contributed by atoms with E-state index in [1.54, 1.807) is 55.3 Å². The molecule has 2 amide bonds. The number of hydrogen-bond acceptors (Lipinski definition) is 7. The van der Waals surface area contributed by atoms with Crippen LogP contribution in [0.1, 0.15) is 41.0 Å². The van der Waals surface area contributed by atoms with Gasteiger partial charge in [0.25, 0.3) is 11.8 Å². The normalized spacial score (nSPS) is 22.1. The molecule has 4 rings (SSSR count). The number of anilines is 1. The molecule has 0 bridgehead atoms. The summed E-state index contributed by atoms with van der Waals surface area (Å²) in [6.07, 6.45) is -5.64. The lowest BCUT2D eigenvalue weighted by Crippen LogP contribution is -2.47. The molecule has 0 spiro atoms. The standard InChI is InChI=1S/C28H34F3N3O6/c1-17-13-34(10-9-28(29,30)31)18(2)15-38-23-12-20(6-7-21(23)27(36)33(3)14-25(17)37-4)32-26(35)19-5-8-22-24(11-19)40-16-39-22/h5-8,11-12,17-18,25H,9-10,13-16H2,1-4H3,(H,32,35)/t17-,18-,25+/m0/s1. The summed E-state index contributed by atoms with van der Waals surface area (Å²) < 4.78 is 61.5. The molecule has 2 aliphatic heterocycles. The zero-order valence-electron chi connectivity index (χ0n) is 22.9. The summed E-state index contributed by atoms with van der Waals surface area (Å²) in [6.45, 7) is 4.18. The fourth-order valence-corrected chi connectivity index (χ4v) is 4.75. The predicted octanol–water partition coefficient (Wildman–Crippen LogP) is 4.43. The van der Waals surface area contributed by atoms with Gasteiger partial charge in [-0.2, -0.15) is 13.2 Å². The van der Waals surface area contributed by atoms with E-state index in [9.17, 15) is 22.8 Å². The molecule has 0 aliphatic carbocycles. The Morgan fingerprint density at radius 3 is 2.52 bits per heavy atom. The van der Waals surface area contributed by atoms with Crippen LogP contribution in [-0.4, -0.2) is 87.1 Å². The van der Waals surface area contributed by atoms with Gasteiger partial charge >= 0.3 is 6.18 Å². The van der Waals surface area contributed by atoms with Crippen LogP contribution >= 0.6 is 0 Å². The van der Waals surface area contributed by atoms with E-state index >= 15 is 0 Å². The molecule has 2 aromatic rings. The molecule has 0 saturated carbocycles. The molecule has 0 saturated heterocycles. The number of ether oxygens (including phenoxy) is 4. The summed E-state index contributed by atoms with van der Waals surface area (Å²) in [5, 5.41) is 2.80. The summed E-state index contributed by atoms with van der Waals surface area (Å²) in [4.78, 5) is 29.5. The average Bonchev–Trinajstić information content (AvgIpc) is 3.39. The first-order valence-corrected chi connectivity index (χ1v) is 13.0. The van der Waals surface area contributed by atoms with Crippen LogP contribution in [0.2, 0.25) is 0 Å². The van der Waals surface area contributed by atoms with Crippen molar-refractivity contribution in [3.8, 4) is 17.2 Å².